The number of benzene rings is 1. The number of thioether (sulfide) groups is 2. The molecule has 1 aliphatic rings. The zero-order valence-corrected chi connectivity index (χ0v) is 12.3. The minimum absolute atomic E-state index is 0.144. The molecule has 2 nitrogen and oxygen atoms in total. The van der Waals surface area contributed by atoms with Crippen molar-refractivity contribution in [2.75, 3.05) is 18.6 Å². The molecular weight excluding hydrogens is 262 g/mol. The van der Waals surface area contributed by atoms with E-state index in [1.165, 1.54) is 10.5 Å². The summed E-state index contributed by atoms with van der Waals surface area (Å²) >= 11 is 3.43. The van der Waals surface area contributed by atoms with Gasteiger partial charge < -0.3 is 4.90 Å². The van der Waals surface area contributed by atoms with Gasteiger partial charge in [-0.25, -0.2) is 0 Å². The Morgan fingerprint density at radius 3 is 2.72 bits per heavy atom. The number of rotatable bonds is 4. The lowest BCUT2D eigenvalue weighted by atomic mass is 10.2. The summed E-state index contributed by atoms with van der Waals surface area (Å²) in [5, 5.41) is 0.144. The molecule has 18 heavy (non-hydrogen) atoms. The van der Waals surface area contributed by atoms with E-state index < -0.39 is 0 Å². The number of carbonyl (C=O) groups is 1. The minimum atomic E-state index is 0.144. The lowest BCUT2D eigenvalue weighted by molar-refractivity contribution is -0.127. The number of amides is 1. The Morgan fingerprint density at radius 1 is 1.50 bits per heavy atom. The second-order valence-corrected chi connectivity index (χ2v) is 6.36. The predicted octanol–water partition coefficient (Wildman–Crippen LogP) is 3.56. The van der Waals surface area contributed by atoms with Crippen LogP contribution in [0.5, 0.6) is 0 Å². The number of nitrogens with zero attached hydrogens (tertiary/aromatic N) is 1. The monoisotopic (exact) mass is 279 g/mol. The summed E-state index contributed by atoms with van der Waals surface area (Å²) in [7, 11) is 0. The molecule has 1 unspecified atom stereocenters. The van der Waals surface area contributed by atoms with Gasteiger partial charge in [-0.05, 0) is 30.9 Å². The standard InChI is InChI=1S/C14H17NOS2/c1-10(2)8-15-13(16)9-18-14(15)11-4-6-12(17-3)7-5-11/h4-7,14H,1,8-9H2,2-3H3. The van der Waals surface area contributed by atoms with Gasteiger partial charge in [-0.2, -0.15) is 0 Å². The molecule has 0 aliphatic carbocycles. The van der Waals surface area contributed by atoms with Crippen LogP contribution in [0, 0.1) is 0 Å². The molecule has 1 aromatic carbocycles. The summed E-state index contributed by atoms with van der Waals surface area (Å²) in [4.78, 5) is 15.0. The van der Waals surface area contributed by atoms with Gasteiger partial charge in [0, 0.05) is 11.4 Å². The fraction of sp³-hybridized carbons (Fsp3) is 0.357. The van der Waals surface area contributed by atoms with Crippen molar-refractivity contribution >= 4 is 29.4 Å². The third-order valence-electron chi connectivity index (χ3n) is 2.81. The molecular formula is C14H17NOS2. The SMILES string of the molecule is C=C(C)CN1C(=O)CSC1c1ccc(SC)cc1. The largest absolute Gasteiger partial charge is 0.322 e. The summed E-state index contributed by atoms with van der Waals surface area (Å²) in [6.45, 7) is 6.52. The summed E-state index contributed by atoms with van der Waals surface area (Å²) in [6, 6.07) is 8.46. The molecule has 96 valence electrons. The van der Waals surface area contributed by atoms with E-state index in [1.807, 2.05) is 11.8 Å². The quantitative estimate of drug-likeness (QED) is 0.621. The second kappa shape index (κ2) is 5.85. The fourth-order valence-corrected chi connectivity index (χ4v) is 3.56. The molecule has 1 heterocycles. The Hall–Kier alpha value is -0.870. The van der Waals surface area contributed by atoms with E-state index in [1.54, 1.807) is 23.5 Å². The van der Waals surface area contributed by atoms with Crippen LogP contribution in [0.15, 0.2) is 41.3 Å². The summed E-state index contributed by atoms with van der Waals surface area (Å²) < 4.78 is 0. The molecule has 0 aromatic heterocycles. The molecule has 0 bridgehead atoms. The van der Waals surface area contributed by atoms with Crippen molar-refractivity contribution in [3.8, 4) is 0 Å². The Kier molecular flexibility index (Phi) is 4.40. The van der Waals surface area contributed by atoms with Gasteiger partial charge in [0.25, 0.3) is 0 Å². The highest BCUT2D eigenvalue weighted by molar-refractivity contribution is 8.00. The first-order chi connectivity index (χ1) is 8.61. The molecule has 1 saturated heterocycles. The first-order valence-corrected chi connectivity index (χ1v) is 8.08. The number of carbonyl (C=O) groups excluding carboxylic acids is 1. The van der Waals surface area contributed by atoms with Gasteiger partial charge in [0.2, 0.25) is 5.91 Å². The fourth-order valence-electron chi connectivity index (χ4n) is 1.96. The lowest BCUT2D eigenvalue weighted by Gasteiger charge is -2.24. The summed E-state index contributed by atoms with van der Waals surface area (Å²) in [5.74, 6) is 0.782. The normalized spacial score (nSPS) is 19.3. The van der Waals surface area contributed by atoms with Crippen LogP contribution in [0.2, 0.25) is 0 Å². The average molecular weight is 279 g/mol. The highest BCUT2D eigenvalue weighted by Crippen LogP contribution is 2.39. The van der Waals surface area contributed by atoms with Crippen molar-refractivity contribution in [2.45, 2.75) is 17.2 Å². The molecule has 1 aliphatic heterocycles. The van der Waals surface area contributed by atoms with Gasteiger partial charge in [-0.1, -0.05) is 24.3 Å². The smallest absolute Gasteiger partial charge is 0.234 e. The molecule has 1 atom stereocenters. The predicted molar refractivity (Wildman–Crippen MR) is 79.9 cm³/mol. The number of hydrogen-bond acceptors (Lipinski definition) is 3. The first kappa shape index (κ1) is 13.6. The van der Waals surface area contributed by atoms with Crippen molar-refractivity contribution in [3.05, 3.63) is 42.0 Å². The molecule has 1 aromatic rings. The second-order valence-electron chi connectivity index (χ2n) is 4.42. The Labute approximate surface area is 117 Å². The van der Waals surface area contributed by atoms with Crippen LogP contribution in [0.3, 0.4) is 0 Å². The molecule has 0 spiro atoms. The van der Waals surface area contributed by atoms with E-state index in [9.17, 15) is 4.79 Å². The first-order valence-electron chi connectivity index (χ1n) is 5.81. The van der Waals surface area contributed by atoms with Crippen molar-refractivity contribution in [3.63, 3.8) is 0 Å². The molecule has 2 rings (SSSR count). The van der Waals surface area contributed by atoms with Gasteiger partial charge in [-0.3, -0.25) is 4.79 Å². The Morgan fingerprint density at radius 2 is 2.17 bits per heavy atom. The van der Waals surface area contributed by atoms with Crippen LogP contribution < -0.4 is 0 Å². The zero-order valence-electron chi connectivity index (χ0n) is 10.7. The molecule has 0 radical (unpaired) electrons. The van der Waals surface area contributed by atoms with Gasteiger partial charge in [0.1, 0.15) is 5.37 Å². The van der Waals surface area contributed by atoms with E-state index in [0.29, 0.717) is 12.3 Å². The lowest BCUT2D eigenvalue weighted by Crippen LogP contribution is -2.29. The summed E-state index contributed by atoms with van der Waals surface area (Å²) in [5.41, 5.74) is 2.22. The van der Waals surface area contributed by atoms with Crippen LogP contribution in [-0.2, 0) is 4.79 Å². The zero-order chi connectivity index (χ0) is 13.1. The van der Waals surface area contributed by atoms with Gasteiger partial charge in [0.05, 0.1) is 5.75 Å². The number of hydrogen-bond donors (Lipinski definition) is 0. The topological polar surface area (TPSA) is 20.3 Å². The molecule has 1 fully saturated rings. The van der Waals surface area contributed by atoms with Crippen LogP contribution in [0.25, 0.3) is 0 Å². The third kappa shape index (κ3) is 2.93. The maximum atomic E-state index is 11.9. The van der Waals surface area contributed by atoms with E-state index in [0.717, 1.165) is 5.57 Å². The third-order valence-corrected chi connectivity index (χ3v) is 4.81. The van der Waals surface area contributed by atoms with Crippen LogP contribution in [0.4, 0.5) is 0 Å². The molecule has 0 saturated carbocycles. The van der Waals surface area contributed by atoms with Crippen molar-refractivity contribution in [2.24, 2.45) is 0 Å². The minimum Gasteiger partial charge on any atom is -0.322 e. The maximum absolute atomic E-state index is 11.9. The van der Waals surface area contributed by atoms with Crippen LogP contribution in [-0.4, -0.2) is 29.4 Å². The maximum Gasteiger partial charge on any atom is 0.234 e. The van der Waals surface area contributed by atoms with Crippen molar-refractivity contribution in [1.29, 1.82) is 0 Å². The van der Waals surface area contributed by atoms with E-state index in [2.05, 4.69) is 37.1 Å². The highest BCUT2D eigenvalue weighted by atomic mass is 32.2. The van der Waals surface area contributed by atoms with E-state index >= 15 is 0 Å². The van der Waals surface area contributed by atoms with E-state index in [4.69, 9.17) is 0 Å². The van der Waals surface area contributed by atoms with Crippen molar-refractivity contribution in [1.82, 2.24) is 4.90 Å². The average Bonchev–Trinajstić information content (AvgIpc) is 2.71. The molecule has 0 N–H and O–H groups in total. The van der Waals surface area contributed by atoms with Crippen LogP contribution in [0.1, 0.15) is 17.9 Å². The van der Waals surface area contributed by atoms with Gasteiger partial charge in [-0.15, -0.1) is 23.5 Å². The summed E-state index contributed by atoms with van der Waals surface area (Å²) in [6.07, 6.45) is 2.07. The Balaban J connectivity index is 2.19. The highest BCUT2D eigenvalue weighted by Gasteiger charge is 2.32. The van der Waals surface area contributed by atoms with Crippen molar-refractivity contribution < 1.29 is 4.79 Å². The Bertz CT molecular complexity index is 455. The van der Waals surface area contributed by atoms with Gasteiger partial charge in [0.15, 0.2) is 0 Å². The van der Waals surface area contributed by atoms with Crippen LogP contribution >= 0.6 is 23.5 Å². The van der Waals surface area contributed by atoms with E-state index in [-0.39, 0.29) is 11.3 Å². The molecule has 1 amide bonds. The van der Waals surface area contributed by atoms with Gasteiger partial charge >= 0.3 is 0 Å². The molecule has 4 heteroatoms.